The van der Waals surface area contributed by atoms with Crippen molar-refractivity contribution in [2.75, 3.05) is 24.7 Å². The van der Waals surface area contributed by atoms with Crippen LogP contribution in [0.15, 0.2) is 27.6 Å². The van der Waals surface area contributed by atoms with E-state index in [2.05, 4.69) is 20.7 Å². The largest absolute Gasteiger partial charge is 0.411 e. The highest BCUT2D eigenvalue weighted by Crippen LogP contribution is 2.21. The molecule has 8 heteroatoms. The fourth-order valence-electron chi connectivity index (χ4n) is 1.16. The molecule has 0 saturated heterocycles. The summed E-state index contributed by atoms with van der Waals surface area (Å²) >= 11 is 3.20. The van der Waals surface area contributed by atoms with Gasteiger partial charge in [-0.25, -0.2) is 0 Å². The first-order chi connectivity index (χ1) is 8.29. The predicted molar refractivity (Wildman–Crippen MR) is 66.7 cm³/mol. The Kier molecular flexibility index (Phi) is 5.61. The molecule has 102 valence electrons. The SMILES string of the molecule is Nc1cc(Br)ccc1S(=O)CCOCC(F)(F)F. The fourth-order valence-corrected chi connectivity index (χ4v) is 2.57. The number of ether oxygens (including phenoxy) is 1. The van der Waals surface area contributed by atoms with Gasteiger partial charge in [0.15, 0.2) is 0 Å². The quantitative estimate of drug-likeness (QED) is 0.659. The van der Waals surface area contributed by atoms with Gasteiger partial charge in [-0.1, -0.05) is 15.9 Å². The average Bonchev–Trinajstić information content (AvgIpc) is 2.22. The second-order valence-corrected chi connectivity index (χ2v) is 5.85. The van der Waals surface area contributed by atoms with Gasteiger partial charge in [0.25, 0.3) is 0 Å². The van der Waals surface area contributed by atoms with Gasteiger partial charge in [0.1, 0.15) is 6.61 Å². The lowest BCUT2D eigenvalue weighted by molar-refractivity contribution is -0.172. The molecular weight excluding hydrogens is 335 g/mol. The first-order valence-electron chi connectivity index (χ1n) is 4.87. The normalized spacial score (nSPS) is 13.6. The summed E-state index contributed by atoms with van der Waals surface area (Å²) in [6.07, 6.45) is -4.36. The highest BCUT2D eigenvalue weighted by atomic mass is 79.9. The van der Waals surface area contributed by atoms with Crippen molar-refractivity contribution >= 4 is 32.4 Å². The number of hydrogen-bond donors (Lipinski definition) is 1. The zero-order chi connectivity index (χ0) is 13.8. The minimum atomic E-state index is -4.36. The van der Waals surface area contributed by atoms with Gasteiger partial charge >= 0.3 is 6.18 Å². The van der Waals surface area contributed by atoms with Crippen molar-refractivity contribution in [3.63, 3.8) is 0 Å². The van der Waals surface area contributed by atoms with Crippen molar-refractivity contribution < 1.29 is 22.1 Å². The standard InChI is InChI=1S/C10H11BrF3NO2S/c11-7-1-2-9(8(15)5-7)18(16)4-3-17-6-10(12,13)14/h1-2,5H,3-4,6,15H2. The fraction of sp³-hybridized carbons (Fsp3) is 0.400. The van der Waals surface area contributed by atoms with Crippen molar-refractivity contribution in [1.82, 2.24) is 0 Å². The van der Waals surface area contributed by atoms with E-state index in [1.165, 1.54) is 0 Å². The second-order valence-electron chi connectivity index (χ2n) is 3.40. The van der Waals surface area contributed by atoms with Crippen LogP contribution in [0.3, 0.4) is 0 Å². The summed E-state index contributed by atoms with van der Waals surface area (Å²) in [5.41, 5.74) is 5.98. The number of benzene rings is 1. The summed E-state index contributed by atoms with van der Waals surface area (Å²) in [4.78, 5) is 0.397. The van der Waals surface area contributed by atoms with Crippen LogP contribution in [0.4, 0.5) is 18.9 Å². The third-order valence-electron chi connectivity index (χ3n) is 1.90. The summed E-state index contributed by atoms with van der Waals surface area (Å²) in [6, 6.07) is 4.82. The summed E-state index contributed by atoms with van der Waals surface area (Å²) in [6.45, 7) is -1.57. The third-order valence-corrected chi connectivity index (χ3v) is 3.79. The lowest BCUT2D eigenvalue weighted by Gasteiger charge is -2.08. The number of halogens is 4. The third kappa shape index (κ3) is 5.36. The van der Waals surface area contributed by atoms with Crippen molar-refractivity contribution in [2.45, 2.75) is 11.1 Å². The van der Waals surface area contributed by atoms with Gasteiger partial charge in [-0.05, 0) is 18.2 Å². The molecule has 0 aliphatic rings. The van der Waals surface area contributed by atoms with Gasteiger partial charge in [0, 0.05) is 10.2 Å². The van der Waals surface area contributed by atoms with Gasteiger partial charge < -0.3 is 10.5 Å². The van der Waals surface area contributed by atoms with Crippen LogP contribution in [-0.2, 0) is 15.5 Å². The van der Waals surface area contributed by atoms with Crippen molar-refractivity contribution in [2.24, 2.45) is 0 Å². The monoisotopic (exact) mass is 345 g/mol. The van der Waals surface area contributed by atoms with Crippen LogP contribution in [0, 0.1) is 0 Å². The Hall–Kier alpha value is -0.600. The van der Waals surface area contributed by atoms with E-state index in [1.54, 1.807) is 18.2 Å². The van der Waals surface area contributed by atoms with Gasteiger partial charge in [-0.15, -0.1) is 0 Å². The Labute approximate surface area is 113 Å². The Morgan fingerprint density at radius 1 is 1.39 bits per heavy atom. The van der Waals surface area contributed by atoms with Crippen LogP contribution >= 0.6 is 15.9 Å². The Bertz CT molecular complexity index is 440. The van der Waals surface area contributed by atoms with Crippen LogP contribution in [0.25, 0.3) is 0 Å². The molecule has 0 heterocycles. The molecule has 3 nitrogen and oxygen atoms in total. The molecule has 2 N–H and O–H groups in total. The maximum atomic E-state index is 11.8. The van der Waals surface area contributed by atoms with E-state index in [1.807, 2.05) is 0 Å². The molecular formula is C10H11BrF3NO2S. The van der Waals surface area contributed by atoms with Gasteiger partial charge in [0.2, 0.25) is 0 Å². The molecule has 0 bridgehead atoms. The summed E-state index contributed by atoms with van der Waals surface area (Å²) < 4.78 is 52.2. The van der Waals surface area contributed by atoms with Gasteiger partial charge in [-0.2, -0.15) is 13.2 Å². The Morgan fingerprint density at radius 2 is 2.06 bits per heavy atom. The molecule has 0 aromatic heterocycles. The number of anilines is 1. The minimum Gasteiger partial charge on any atom is -0.398 e. The van der Waals surface area contributed by atoms with E-state index >= 15 is 0 Å². The molecule has 18 heavy (non-hydrogen) atoms. The number of hydrogen-bond acceptors (Lipinski definition) is 3. The minimum absolute atomic E-state index is 0.0259. The van der Waals surface area contributed by atoms with Crippen LogP contribution in [-0.4, -0.2) is 29.4 Å². The Morgan fingerprint density at radius 3 is 2.61 bits per heavy atom. The second kappa shape index (κ2) is 6.53. The molecule has 0 aliphatic heterocycles. The van der Waals surface area contributed by atoms with E-state index in [0.717, 1.165) is 4.47 Å². The van der Waals surface area contributed by atoms with Gasteiger partial charge in [0.05, 0.1) is 28.1 Å². The number of rotatable bonds is 5. The van der Waals surface area contributed by atoms with E-state index in [4.69, 9.17) is 5.73 Å². The van der Waals surface area contributed by atoms with Crippen molar-refractivity contribution in [1.29, 1.82) is 0 Å². The molecule has 1 aromatic carbocycles. The van der Waals surface area contributed by atoms with Gasteiger partial charge in [-0.3, -0.25) is 4.21 Å². The molecule has 0 aliphatic carbocycles. The smallest absolute Gasteiger partial charge is 0.398 e. The number of nitrogen functional groups attached to an aromatic ring is 1. The zero-order valence-electron chi connectivity index (χ0n) is 9.17. The molecule has 1 rings (SSSR count). The topological polar surface area (TPSA) is 52.3 Å². The first kappa shape index (κ1) is 15.5. The molecule has 1 aromatic rings. The van der Waals surface area contributed by atoms with Crippen LogP contribution in [0.1, 0.15) is 0 Å². The van der Waals surface area contributed by atoms with Crippen LogP contribution in [0.5, 0.6) is 0 Å². The predicted octanol–water partition coefficient (Wildman–Crippen LogP) is 2.72. The summed E-state index contributed by atoms with van der Waals surface area (Å²) in [5, 5.41) is 0. The van der Waals surface area contributed by atoms with E-state index in [9.17, 15) is 17.4 Å². The maximum Gasteiger partial charge on any atom is 0.411 e. The summed E-state index contributed by atoms with van der Waals surface area (Å²) in [5.74, 6) is -0.0259. The highest BCUT2D eigenvalue weighted by Gasteiger charge is 2.27. The zero-order valence-corrected chi connectivity index (χ0v) is 11.6. The number of alkyl halides is 3. The lowest BCUT2D eigenvalue weighted by Crippen LogP contribution is -2.19. The average molecular weight is 346 g/mol. The molecule has 0 spiro atoms. The molecule has 0 fully saturated rings. The highest BCUT2D eigenvalue weighted by molar-refractivity contribution is 9.10. The summed E-state index contributed by atoms with van der Waals surface area (Å²) in [7, 11) is -1.47. The Balaban J connectivity index is 2.46. The van der Waals surface area contributed by atoms with E-state index < -0.39 is 23.6 Å². The lowest BCUT2D eigenvalue weighted by atomic mass is 10.3. The van der Waals surface area contributed by atoms with Crippen molar-refractivity contribution in [3.8, 4) is 0 Å². The van der Waals surface area contributed by atoms with E-state index in [0.29, 0.717) is 10.6 Å². The van der Waals surface area contributed by atoms with Crippen LogP contribution in [0.2, 0.25) is 0 Å². The maximum absolute atomic E-state index is 11.8. The molecule has 1 unspecified atom stereocenters. The van der Waals surface area contributed by atoms with Crippen molar-refractivity contribution in [3.05, 3.63) is 22.7 Å². The molecule has 0 radical (unpaired) electrons. The number of nitrogens with two attached hydrogens (primary N) is 1. The van der Waals surface area contributed by atoms with Crippen LogP contribution < -0.4 is 5.73 Å². The first-order valence-corrected chi connectivity index (χ1v) is 6.98. The molecule has 0 saturated carbocycles. The van der Waals surface area contributed by atoms with E-state index in [-0.39, 0.29) is 12.4 Å². The molecule has 0 amide bonds. The molecule has 1 atom stereocenters.